The highest BCUT2D eigenvalue weighted by molar-refractivity contribution is 5.93. The molecule has 1 heterocycles. The highest BCUT2D eigenvalue weighted by Gasteiger charge is 2.31. The molecule has 0 aliphatic heterocycles. The summed E-state index contributed by atoms with van der Waals surface area (Å²) in [5.41, 5.74) is 1.53. The Balaban J connectivity index is 1.62. The molecule has 0 bridgehead atoms. The average molecular weight is 467 g/mol. The van der Waals surface area contributed by atoms with E-state index in [1.54, 1.807) is 18.2 Å². The molecule has 2 aromatic carbocycles. The van der Waals surface area contributed by atoms with Crippen molar-refractivity contribution >= 4 is 11.9 Å². The van der Waals surface area contributed by atoms with E-state index in [0.29, 0.717) is 5.56 Å². The zero-order valence-electron chi connectivity index (χ0n) is 18.6. The number of amides is 1. The van der Waals surface area contributed by atoms with E-state index in [0.717, 1.165) is 18.4 Å². The molecule has 3 N–H and O–H groups in total. The Morgan fingerprint density at radius 1 is 1.21 bits per heavy atom. The number of aromatic nitrogens is 2. The number of carboxylic acid groups (broad SMARTS) is 1. The van der Waals surface area contributed by atoms with Crippen LogP contribution < -0.4 is 10.1 Å². The number of nitrogens with one attached hydrogen (secondary N) is 1. The molecular weight excluding hydrogens is 441 g/mol. The van der Waals surface area contributed by atoms with Crippen molar-refractivity contribution in [3.05, 3.63) is 77.2 Å². The number of hydrogen-bond acceptors (Lipinski definition) is 5. The van der Waals surface area contributed by atoms with Crippen molar-refractivity contribution in [2.75, 3.05) is 6.61 Å². The molecule has 1 aromatic heterocycles. The van der Waals surface area contributed by atoms with Crippen LogP contribution in [0.4, 0.5) is 4.39 Å². The zero-order chi connectivity index (χ0) is 24.2. The SMILES string of the molecule is Cc1ccccc1[C@H](CC(=O)O)NC(=O)c1cc(OC[C@H](O)C2CC2)n(-c2ccccc2F)n1. The molecule has 0 spiro atoms. The number of benzene rings is 2. The van der Waals surface area contributed by atoms with Crippen LogP contribution in [-0.2, 0) is 4.79 Å². The van der Waals surface area contributed by atoms with Crippen LogP contribution in [0, 0.1) is 18.7 Å². The lowest BCUT2D eigenvalue weighted by Crippen LogP contribution is -2.31. The van der Waals surface area contributed by atoms with E-state index >= 15 is 0 Å². The van der Waals surface area contributed by atoms with Gasteiger partial charge in [0.1, 0.15) is 18.1 Å². The fourth-order valence-electron chi connectivity index (χ4n) is 3.78. The number of aliphatic carboxylic acids is 1. The Morgan fingerprint density at radius 3 is 2.59 bits per heavy atom. The first-order chi connectivity index (χ1) is 16.3. The van der Waals surface area contributed by atoms with E-state index in [2.05, 4.69) is 10.4 Å². The Labute approximate surface area is 196 Å². The Hall–Kier alpha value is -3.72. The number of carboxylic acids is 1. The molecule has 4 rings (SSSR count). The third-order valence-corrected chi connectivity index (χ3v) is 5.81. The number of nitrogens with zero attached hydrogens (tertiary/aromatic N) is 2. The summed E-state index contributed by atoms with van der Waals surface area (Å²) in [6.07, 6.45) is 0.868. The van der Waals surface area contributed by atoms with Gasteiger partial charge in [0.2, 0.25) is 5.88 Å². The van der Waals surface area contributed by atoms with Crippen molar-refractivity contribution in [1.29, 1.82) is 0 Å². The largest absolute Gasteiger partial charge is 0.481 e. The van der Waals surface area contributed by atoms with Gasteiger partial charge in [-0.15, -0.1) is 0 Å². The number of aliphatic hydroxyl groups is 1. The third kappa shape index (κ3) is 5.43. The lowest BCUT2D eigenvalue weighted by molar-refractivity contribution is -0.137. The monoisotopic (exact) mass is 467 g/mol. The van der Waals surface area contributed by atoms with Gasteiger partial charge in [-0.1, -0.05) is 36.4 Å². The summed E-state index contributed by atoms with van der Waals surface area (Å²) in [7, 11) is 0. The summed E-state index contributed by atoms with van der Waals surface area (Å²) >= 11 is 0. The summed E-state index contributed by atoms with van der Waals surface area (Å²) in [5, 5.41) is 26.5. The van der Waals surface area contributed by atoms with Crippen molar-refractivity contribution in [2.45, 2.75) is 38.3 Å². The number of aryl methyl sites for hydroxylation is 1. The minimum atomic E-state index is -1.07. The van der Waals surface area contributed by atoms with Gasteiger partial charge in [-0.05, 0) is 48.9 Å². The van der Waals surface area contributed by atoms with Crippen LogP contribution in [0.25, 0.3) is 5.69 Å². The molecule has 1 fully saturated rings. The third-order valence-electron chi connectivity index (χ3n) is 5.81. The normalized spacial score (nSPS) is 14.9. The maximum absolute atomic E-state index is 14.5. The molecule has 0 radical (unpaired) electrons. The van der Waals surface area contributed by atoms with Crippen LogP contribution in [0.2, 0.25) is 0 Å². The van der Waals surface area contributed by atoms with Gasteiger partial charge in [0.25, 0.3) is 5.91 Å². The number of halogens is 1. The van der Waals surface area contributed by atoms with Crippen molar-refractivity contribution < 1.29 is 28.9 Å². The molecule has 1 aliphatic rings. The molecule has 0 unspecified atom stereocenters. The topological polar surface area (TPSA) is 114 Å². The van der Waals surface area contributed by atoms with Crippen molar-refractivity contribution in [2.24, 2.45) is 5.92 Å². The standard InChI is InChI=1S/C25H26FN3O5/c1-15-6-2-3-7-17(15)19(13-24(31)32)27-25(33)20-12-23(34-14-22(30)16-10-11-16)29(28-20)21-9-5-4-8-18(21)26/h2-9,12,16,19,22,30H,10-11,13-14H2,1H3,(H,27,33)(H,31,32)/t19-,22-/m0/s1. The molecule has 1 aliphatic carbocycles. The molecule has 8 nitrogen and oxygen atoms in total. The van der Waals surface area contributed by atoms with Crippen LogP contribution in [0.1, 0.15) is 46.9 Å². The molecular formula is C25H26FN3O5. The second-order valence-corrected chi connectivity index (χ2v) is 8.43. The predicted molar refractivity (Wildman–Crippen MR) is 121 cm³/mol. The van der Waals surface area contributed by atoms with Gasteiger partial charge in [0.05, 0.1) is 18.6 Å². The molecule has 34 heavy (non-hydrogen) atoms. The van der Waals surface area contributed by atoms with E-state index in [-0.39, 0.29) is 36.2 Å². The molecule has 178 valence electrons. The zero-order valence-corrected chi connectivity index (χ0v) is 18.6. The minimum Gasteiger partial charge on any atom is -0.481 e. The number of rotatable bonds is 10. The van der Waals surface area contributed by atoms with Gasteiger partial charge < -0.3 is 20.3 Å². The lowest BCUT2D eigenvalue weighted by atomic mass is 9.98. The quantitative estimate of drug-likeness (QED) is 0.421. The van der Waals surface area contributed by atoms with Crippen LogP contribution in [0.5, 0.6) is 5.88 Å². The number of para-hydroxylation sites is 1. The maximum Gasteiger partial charge on any atom is 0.305 e. The van der Waals surface area contributed by atoms with Crippen molar-refractivity contribution in [3.63, 3.8) is 0 Å². The van der Waals surface area contributed by atoms with Crippen LogP contribution in [0.15, 0.2) is 54.6 Å². The minimum absolute atomic E-state index is 0.0171. The van der Waals surface area contributed by atoms with Gasteiger partial charge in [0, 0.05) is 6.07 Å². The second-order valence-electron chi connectivity index (χ2n) is 8.43. The number of hydrogen-bond donors (Lipinski definition) is 3. The smallest absolute Gasteiger partial charge is 0.305 e. The van der Waals surface area contributed by atoms with Crippen LogP contribution >= 0.6 is 0 Å². The molecule has 1 amide bonds. The van der Waals surface area contributed by atoms with E-state index in [9.17, 15) is 24.2 Å². The van der Waals surface area contributed by atoms with Gasteiger partial charge in [0.15, 0.2) is 5.69 Å². The van der Waals surface area contributed by atoms with Gasteiger partial charge in [-0.3, -0.25) is 9.59 Å². The highest BCUT2D eigenvalue weighted by Crippen LogP contribution is 2.33. The number of carbonyl (C=O) groups excluding carboxylic acids is 1. The van der Waals surface area contributed by atoms with Gasteiger partial charge in [-0.2, -0.15) is 9.78 Å². The molecule has 1 saturated carbocycles. The maximum atomic E-state index is 14.5. The van der Waals surface area contributed by atoms with E-state index in [1.807, 2.05) is 19.1 Å². The Bertz CT molecular complexity index is 1190. The summed E-state index contributed by atoms with van der Waals surface area (Å²) in [6, 6.07) is 13.7. The first-order valence-corrected chi connectivity index (χ1v) is 11.1. The van der Waals surface area contributed by atoms with Gasteiger partial charge >= 0.3 is 5.97 Å². The predicted octanol–water partition coefficient (Wildman–Crippen LogP) is 3.42. The van der Waals surface area contributed by atoms with Crippen molar-refractivity contribution in [1.82, 2.24) is 15.1 Å². The van der Waals surface area contributed by atoms with Crippen LogP contribution in [-0.4, -0.2) is 44.6 Å². The molecule has 2 atom stereocenters. The summed E-state index contributed by atoms with van der Waals surface area (Å²) < 4.78 is 21.4. The molecule has 0 saturated heterocycles. The molecule has 9 heteroatoms. The fourth-order valence-corrected chi connectivity index (χ4v) is 3.78. The Kier molecular flexibility index (Phi) is 6.93. The summed E-state index contributed by atoms with van der Waals surface area (Å²) in [5.74, 6) is -1.98. The van der Waals surface area contributed by atoms with Crippen LogP contribution in [0.3, 0.4) is 0 Å². The first-order valence-electron chi connectivity index (χ1n) is 11.1. The summed E-state index contributed by atoms with van der Waals surface area (Å²) in [6.45, 7) is 1.82. The number of ether oxygens (including phenoxy) is 1. The van der Waals surface area contributed by atoms with E-state index in [4.69, 9.17) is 4.74 Å². The number of aliphatic hydroxyl groups excluding tert-OH is 1. The highest BCUT2D eigenvalue weighted by atomic mass is 19.1. The first kappa shape index (κ1) is 23.4. The van der Waals surface area contributed by atoms with Gasteiger partial charge in [-0.25, -0.2) is 4.39 Å². The fraction of sp³-hybridized carbons (Fsp3) is 0.320. The second kappa shape index (κ2) is 10.0. The lowest BCUT2D eigenvalue weighted by Gasteiger charge is -2.18. The van der Waals surface area contributed by atoms with Crippen molar-refractivity contribution in [3.8, 4) is 11.6 Å². The summed E-state index contributed by atoms with van der Waals surface area (Å²) in [4.78, 5) is 24.5. The Morgan fingerprint density at radius 2 is 1.91 bits per heavy atom. The molecule has 3 aromatic rings. The van der Waals surface area contributed by atoms with E-state index < -0.39 is 29.8 Å². The van der Waals surface area contributed by atoms with E-state index in [1.165, 1.54) is 28.9 Å². The number of carbonyl (C=O) groups is 2. The average Bonchev–Trinajstić information content (AvgIpc) is 3.57.